The van der Waals surface area contributed by atoms with Crippen molar-refractivity contribution in [1.82, 2.24) is 9.62 Å². The van der Waals surface area contributed by atoms with Crippen molar-refractivity contribution in [3.63, 3.8) is 0 Å². The monoisotopic (exact) mass is 317 g/mol. The zero-order valence-electron chi connectivity index (χ0n) is 13.0. The van der Waals surface area contributed by atoms with Gasteiger partial charge in [-0.3, -0.25) is 4.79 Å². The molecule has 2 unspecified atom stereocenters. The molecule has 3 N–H and O–H groups in total. The van der Waals surface area contributed by atoms with Crippen LogP contribution in [0.1, 0.15) is 45.4 Å². The van der Waals surface area contributed by atoms with Crippen molar-refractivity contribution < 1.29 is 13.2 Å². The minimum atomic E-state index is -3.17. The van der Waals surface area contributed by atoms with E-state index in [-0.39, 0.29) is 11.9 Å². The summed E-state index contributed by atoms with van der Waals surface area (Å²) in [5, 5.41) is 0. The molecule has 6 nitrogen and oxygen atoms in total. The molecule has 0 aromatic carbocycles. The Kier molecular flexibility index (Phi) is 4.95. The molecule has 0 radical (unpaired) electrons. The molecule has 21 heavy (non-hydrogen) atoms. The molecule has 2 atom stereocenters. The Balaban J connectivity index is 1.96. The third kappa shape index (κ3) is 4.40. The molecular weight excluding hydrogens is 290 g/mol. The molecule has 0 aromatic rings. The van der Waals surface area contributed by atoms with E-state index in [9.17, 15) is 13.2 Å². The first-order valence-electron chi connectivity index (χ1n) is 7.76. The van der Waals surface area contributed by atoms with Crippen LogP contribution in [-0.4, -0.2) is 50.2 Å². The fourth-order valence-electron chi connectivity index (χ4n) is 3.15. The van der Waals surface area contributed by atoms with Crippen LogP contribution in [0.2, 0.25) is 0 Å². The first-order valence-corrected chi connectivity index (χ1v) is 9.65. The molecule has 1 aliphatic carbocycles. The van der Waals surface area contributed by atoms with Crippen LogP contribution in [0.3, 0.4) is 0 Å². The van der Waals surface area contributed by atoms with Gasteiger partial charge in [-0.2, -0.15) is 0 Å². The van der Waals surface area contributed by atoms with Gasteiger partial charge in [0, 0.05) is 19.1 Å². The summed E-state index contributed by atoms with van der Waals surface area (Å²) < 4.78 is 24.8. The third-order valence-corrected chi connectivity index (χ3v) is 5.34. The lowest BCUT2D eigenvalue weighted by molar-refractivity contribution is -0.141. The number of hydrogen-bond donors (Lipinski definition) is 2. The topological polar surface area (TPSA) is 92.5 Å². The first kappa shape index (κ1) is 16.7. The van der Waals surface area contributed by atoms with E-state index in [0.717, 1.165) is 44.9 Å². The van der Waals surface area contributed by atoms with Gasteiger partial charge >= 0.3 is 0 Å². The van der Waals surface area contributed by atoms with E-state index >= 15 is 0 Å². The quantitative estimate of drug-likeness (QED) is 0.743. The average Bonchev–Trinajstić information content (AvgIpc) is 3.21. The van der Waals surface area contributed by atoms with Gasteiger partial charge in [-0.1, -0.05) is 0 Å². The molecule has 1 aliphatic heterocycles. The van der Waals surface area contributed by atoms with Crippen LogP contribution in [0.15, 0.2) is 0 Å². The molecule has 1 saturated carbocycles. The maximum atomic E-state index is 12.7. The number of carbonyl (C=O) groups excluding carboxylic acids is 1. The van der Waals surface area contributed by atoms with Crippen LogP contribution in [0, 0.1) is 5.92 Å². The molecule has 1 amide bonds. The van der Waals surface area contributed by atoms with E-state index < -0.39 is 15.6 Å². The predicted molar refractivity (Wildman–Crippen MR) is 82.1 cm³/mol. The minimum absolute atomic E-state index is 0.0362. The highest BCUT2D eigenvalue weighted by molar-refractivity contribution is 7.88. The van der Waals surface area contributed by atoms with Gasteiger partial charge in [-0.05, 0) is 51.4 Å². The highest BCUT2D eigenvalue weighted by Crippen LogP contribution is 2.39. The number of hydrogen-bond acceptors (Lipinski definition) is 4. The summed E-state index contributed by atoms with van der Waals surface area (Å²) in [6, 6.07) is 0.0992. The van der Waals surface area contributed by atoms with Gasteiger partial charge in [0.15, 0.2) is 0 Å². The highest BCUT2D eigenvalue weighted by atomic mass is 32.2. The van der Waals surface area contributed by atoms with Crippen molar-refractivity contribution >= 4 is 15.9 Å². The van der Waals surface area contributed by atoms with Gasteiger partial charge < -0.3 is 10.6 Å². The van der Waals surface area contributed by atoms with Crippen molar-refractivity contribution in [2.75, 3.05) is 19.3 Å². The summed E-state index contributed by atoms with van der Waals surface area (Å²) >= 11 is 0. The molecular formula is C14H27N3O3S. The molecule has 0 bridgehead atoms. The summed E-state index contributed by atoms with van der Waals surface area (Å²) in [7, 11) is -3.17. The standard InChI is InChI=1S/C14H27N3O3S/c1-14(15,11-6-7-11)13(18)17-10-4-3-5-12(17)8-9-16-21(2,19)20/h11-12,16H,3-10,15H2,1-2H3. The van der Waals surface area contributed by atoms with Crippen LogP contribution in [0.25, 0.3) is 0 Å². The Morgan fingerprint density at radius 1 is 1.33 bits per heavy atom. The molecule has 0 aromatic heterocycles. The zero-order chi connectivity index (χ0) is 15.7. The minimum Gasteiger partial charge on any atom is -0.338 e. The SMILES string of the molecule is CC(N)(C(=O)N1CCCCC1CCNS(C)(=O)=O)C1CC1. The van der Waals surface area contributed by atoms with E-state index in [2.05, 4.69) is 4.72 Å². The summed E-state index contributed by atoms with van der Waals surface area (Å²) in [5.74, 6) is 0.343. The molecule has 1 saturated heterocycles. The second-order valence-electron chi connectivity index (χ2n) is 6.66. The lowest BCUT2D eigenvalue weighted by Gasteiger charge is -2.40. The van der Waals surface area contributed by atoms with E-state index in [1.807, 2.05) is 11.8 Å². The van der Waals surface area contributed by atoms with E-state index in [0.29, 0.717) is 18.9 Å². The maximum absolute atomic E-state index is 12.7. The van der Waals surface area contributed by atoms with Gasteiger partial charge in [0.05, 0.1) is 11.8 Å². The van der Waals surface area contributed by atoms with Crippen molar-refractivity contribution in [3.8, 4) is 0 Å². The second-order valence-corrected chi connectivity index (χ2v) is 8.49. The molecule has 0 spiro atoms. The van der Waals surface area contributed by atoms with Gasteiger partial charge in [-0.25, -0.2) is 13.1 Å². The molecule has 122 valence electrons. The van der Waals surface area contributed by atoms with Crippen molar-refractivity contribution in [2.45, 2.75) is 57.0 Å². The molecule has 2 rings (SSSR count). The number of piperidine rings is 1. The number of nitrogens with zero attached hydrogens (tertiary/aromatic N) is 1. The lowest BCUT2D eigenvalue weighted by atomic mass is 9.91. The number of nitrogens with one attached hydrogen (secondary N) is 1. The third-order valence-electron chi connectivity index (χ3n) is 4.62. The van der Waals surface area contributed by atoms with Crippen LogP contribution in [-0.2, 0) is 14.8 Å². The predicted octanol–water partition coefficient (Wildman–Crippen LogP) is 0.434. The number of carbonyl (C=O) groups is 1. The number of sulfonamides is 1. The largest absolute Gasteiger partial charge is 0.338 e. The van der Waals surface area contributed by atoms with Crippen molar-refractivity contribution in [1.29, 1.82) is 0 Å². The van der Waals surface area contributed by atoms with E-state index in [1.165, 1.54) is 0 Å². The van der Waals surface area contributed by atoms with Crippen molar-refractivity contribution in [2.24, 2.45) is 11.7 Å². The normalized spacial score (nSPS) is 26.4. The van der Waals surface area contributed by atoms with E-state index in [4.69, 9.17) is 5.73 Å². The maximum Gasteiger partial charge on any atom is 0.242 e. The summed E-state index contributed by atoms with van der Waals surface area (Å²) in [6.07, 6.45) is 6.89. The molecule has 1 heterocycles. The number of rotatable bonds is 6. The average molecular weight is 317 g/mol. The number of likely N-dealkylation sites (tertiary alicyclic amines) is 1. The fraction of sp³-hybridized carbons (Fsp3) is 0.929. The van der Waals surface area contributed by atoms with E-state index in [1.54, 1.807) is 0 Å². The molecule has 2 fully saturated rings. The number of amides is 1. The zero-order valence-corrected chi connectivity index (χ0v) is 13.8. The van der Waals surface area contributed by atoms with Gasteiger partial charge in [0.25, 0.3) is 0 Å². The fourth-order valence-corrected chi connectivity index (χ4v) is 3.63. The smallest absolute Gasteiger partial charge is 0.242 e. The highest BCUT2D eigenvalue weighted by Gasteiger charge is 2.47. The Morgan fingerprint density at radius 3 is 2.57 bits per heavy atom. The molecule has 7 heteroatoms. The van der Waals surface area contributed by atoms with Crippen LogP contribution in [0.4, 0.5) is 0 Å². The second kappa shape index (κ2) is 6.22. The van der Waals surface area contributed by atoms with Crippen LogP contribution < -0.4 is 10.5 Å². The van der Waals surface area contributed by atoms with Gasteiger partial charge in [0.2, 0.25) is 15.9 Å². The van der Waals surface area contributed by atoms with Crippen LogP contribution >= 0.6 is 0 Å². The first-order chi connectivity index (χ1) is 9.72. The van der Waals surface area contributed by atoms with Gasteiger partial charge in [-0.15, -0.1) is 0 Å². The Morgan fingerprint density at radius 2 is 2.00 bits per heavy atom. The Bertz CT molecular complexity index is 486. The summed E-state index contributed by atoms with van der Waals surface area (Å²) in [6.45, 7) is 2.95. The molecule has 2 aliphatic rings. The van der Waals surface area contributed by atoms with Crippen molar-refractivity contribution in [3.05, 3.63) is 0 Å². The number of nitrogens with two attached hydrogens (primary N) is 1. The Hall–Kier alpha value is -0.660. The van der Waals surface area contributed by atoms with Crippen LogP contribution in [0.5, 0.6) is 0 Å². The van der Waals surface area contributed by atoms with Gasteiger partial charge in [0.1, 0.15) is 0 Å². The summed E-state index contributed by atoms with van der Waals surface area (Å²) in [5.41, 5.74) is 5.49. The summed E-state index contributed by atoms with van der Waals surface area (Å²) in [4.78, 5) is 14.6. The lowest BCUT2D eigenvalue weighted by Crippen LogP contribution is -2.58. The Labute approximate surface area is 127 Å².